The fourth-order valence-corrected chi connectivity index (χ4v) is 3.58. The normalized spacial score (nSPS) is 12.6. The Kier molecular flexibility index (Phi) is 4.56. The van der Waals surface area contributed by atoms with Gasteiger partial charge in [0.1, 0.15) is 5.76 Å². The number of hydrogen-bond acceptors (Lipinski definition) is 5. The Morgan fingerprint density at radius 1 is 1.30 bits per heavy atom. The summed E-state index contributed by atoms with van der Waals surface area (Å²) in [4.78, 5) is 16.6. The molecule has 6 heteroatoms. The van der Waals surface area contributed by atoms with Crippen LogP contribution in [0.4, 0.5) is 0 Å². The van der Waals surface area contributed by atoms with Crippen LogP contribution in [0.3, 0.4) is 0 Å². The molecule has 1 aliphatic rings. The van der Waals surface area contributed by atoms with Gasteiger partial charge in [0, 0.05) is 35.6 Å². The van der Waals surface area contributed by atoms with Crippen LogP contribution in [0.1, 0.15) is 52.5 Å². The van der Waals surface area contributed by atoms with Crippen molar-refractivity contribution in [1.29, 1.82) is 0 Å². The van der Waals surface area contributed by atoms with E-state index in [1.165, 1.54) is 5.56 Å². The molecule has 0 radical (unpaired) electrons. The van der Waals surface area contributed by atoms with Gasteiger partial charge in [0.05, 0.1) is 18.8 Å². The molecule has 140 valence electrons. The predicted molar refractivity (Wildman–Crippen MR) is 101 cm³/mol. The van der Waals surface area contributed by atoms with Gasteiger partial charge in [-0.05, 0) is 43.9 Å². The third-order valence-corrected chi connectivity index (χ3v) is 4.97. The lowest BCUT2D eigenvalue weighted by molar-refractivity contribution is 0.0487. The van der Waals surface area contributed by atoms with Crippen molar-refractivity contribution in [1.82, 2.24) is 14.8 Å². The highest BCUT2D eigenvalue weighted by Gasteiger charge is 2.30. The topological polar surface area (TPSA) is 70.2 Å². The summed E-state index contributed by atoms with van der Waals surface area (Å²) in [6, 6.07) is 4.16. The Balaban J connectivity index is 1.65. The van der Waals surface area contributed by atoms with Gasteiger partial charge in [0.25, 0.3) is 0 Å². The van der Waals surface area contributed by atoms with E-state index in [1.807, 2.05) is 17.8 Å². The SMILES string of the molecule is CCOC(=O)c1oc2c(c1C)-c1nn(Cc3ccc(CC)nc3)cc1CC2. The van der Waals surface area contributed by atoms with Crippen molar-refractivity contribution >= 4 is 5.97 Å². The van der Waals surface area contributed by atoms with E-state index in [4.69, 9.17) is 14.3 Å². The number of aryl methyl sites for hydroxylation is 3. The molecule has 0 unspecified atom stereocenters. The van der Waals surface area contributed by atoms with E-state index < -0.39 is 5.97 Å². The van der Waals surface area contributed by atoms with Crippen LogP contribution >= 0.6 is 0 Å². The molecule has 0 fully saturated rings. The number of ether oxygens (including phenoxy) is 1. The molecule has 0 atom stereocenters. The zero-order valence-corrected chi connectivity index (χ0v) is 15.9. The standard InChI is InChI=1S/C21H23N3O3/c1-4-16-8-6-14(10-22-16)11-24-12-15-7-9-17-18(19(15)23-24)13(3)20(27-17)21(25)26-5-2/h6,8,10,12H,4-5,7,9,11H2,1-3H3. The van der Waals surface area contributed by atoms with Gasteiger partial charge >= 0.3 is 5.97 Å². The molecule has 0 saturated heterocycles. The summed E-state index contributed by atoms with van der Waals surface area (Å²) >= 11 is 0. The lowest BCUT2D eigenvalue weighted by Crippen LogP contribution is -2.05. The van der Waals surface area contributed by atoms with Gasteiger partial charge < -0.3 is 9.15 Å². The van der Waals surface area contributed by atoms with E-state index in [2.05, 4.69) is 30.2 Å². The average Bonchev–Trinajstić information content (AvgIpc) is 3.23. The van der Waals surface area contributed by atoms with E-state index in [0.717, 1.165) is 53.1 Å². The van der Waals surface area contributed by atoms with Crippen molar-refractivity contribution in [2.75, 3.05) is 6.61 Å². The molecule has 0 bridgehead atoms. The molecule has 3 aromatic heterocycles. The molecule has 1 aliphatic carbocycles. The second kappa shape index (κ2) is 7.02. The van der Waals surface area contributed by atoms with Crippen LogP contribution < -0.4 is 0 Å². The van der Waals surface area contributed by atoms with Gasteiger partial charge in [-0.3, -0.25) is 9.67 Å². The third kappa shape index (κ3) is 3.16. The van der Waals surface area contributed by atoms with E-state index in [9.17, 15) is 4.79 Å². The monoisotopic (exact) mass is 365 g/mol. The molecular formula is C21H23N3O3. The number of fused-ring (bicyclic) bond motifs is 3. The molecule has 27 heavy (non-hydrogen) atoms. The first-order valence-electron chi connectivity index (χ1n) is 9.40. The minimum atomic E-state index is -0.410. The Morgan fingerprint density at radius 2 is 2.15 bits per heavy atom. The second-order valence-corrected chi connectivity index (χ2v) is 6.79. The van der Waals surface area contributed by atoms with Crippen LogP contribution in [0.25, 0.3) is 11.3 Å². The van der Waals surface area contributed by atoms with Crippen molar-refractivity contribution in [2.24, 2.45) is 0 Å². The molecule has 0 aromatic carbocycles. The lowest BCUT2D eigenvalue weighted by atomic mass is 9.94. The zero-order valence-electron chi connectivity index (χ0n) is 15.9. The number of furan rings is 1. The molecule has 0 saturated carbocycles. The number of nitrogens with zero attached hydrogens (tertiary/aromatic N) is 3. The molecule has 6 nitrogen and oxygen atoms in total. The van der Waals surface area contributed by atoms with Crippen molar-refractivity contribution in [3.63, 3.8) is 0 Å². The fraction of sp³-hybridized carbons (Fsp3) is 0.381. The second-order valence-electron chi connectivity index (χ2n) is 6.79. The minimum Gasteiger partial charge on any atom is -0.460 e. The van der Waals surface area contributed by atoms with E-state index in [0.29, 0.717) is 18.9 Å². The van der Waals surface area contributed by atoms with Crippen molar-refractivity contribution in [3.05, 3.63) is 58.4 Å². The minimum absolute atomic E-state index is 0.295. The number of carbonyl (C=O) groups is 1. The highest BCUT2D eigenvalue weighted by molar-refractivity contribution is 5.91. The van der Waals surface area contributed by atoms with Crippen LogP contribution in [0.15, 0.2) is 28.9 Å². The number of carbonyl (C=O) groups excluding carboxylic acids is 1. The smallest absolute Gasteiger partial charge is 0.374 e. The molecular weight excluding hydrogens is 342 g/mol. The quantitative estimate of drug-likeness (QED) is 0.644. The number of rotatable bonds is 5. The number of aromatic nitrogens is 3. The molecule has 3 aromatic rings. The van der Waals surface area contributed by atoms with Crippen molar-refractivity contribution in [2.45, 2.75) is 46.6 Å². The predicted octanol–water partition coefficient (Wildman–Crippen LogP) is 3.73. The van der Waals surface area contributed by atoms with Gasteiger partial charge in [0.2, 0.25) is 5.76 Å². The van der Waals surface area contributed by atoms with Gasteiger partial charge in [0.15, 0.2) is 0 Å². The Bertz CT molecular complexity index is 983. The zero-order chi connectivity index (χ0) is 19.0. The van der Waals surface area contributed by atoms with Gasteiger partial charge in [-0.25, -0.2) is 4.79 Å². The fourth-order valence-electron chi connectivity index (χ4n) is 3.58. The molecule has 4 rings (SSSR count). The summed E-state index contributed by atoms with van der Waals surface area (Å²) in [7, 11) is 0. The average molecular weight is 365 g/mol. The number of pyridine rings is 1. The molecule has 0 amide bonds. The summed E-state index contributed by atoms with van der Waals surface area (Å²) in [6.07, 6.45) is 6.54. The van der Waals surface area contributed by atoms with Crippen molar-refractivity contribution in [3.8, 4) is 11.3 Å². The first-order chi connectivity index (χ1) is 13.1. The van der Waals surface area contributed by atoms with Crippen LogP contribution in [0.2, 0.25) is 0 Å². The largest absolute Gasteiger partial charge is 0.460 e. The van der Waals surface area contributed by atoms with Crippen LogP contribution in [0, 0.1) is 6.92 Å². The first kappa shape index (κ1) is 17.5. The van der Waals surface area contributed by atoms with E-state index in [-0.39, 0.29) is 0 Å². The summed E-state index contributed by atoms with van der Waals surface area (Å²) in [5.74, 6) is 0.707. The summed E-state index contributed by atoms with van der Waals surface area (Å²) < 4.78 is 12.9. The number of hydrogen-bond donors (Lipinski definition) is 0. The van der Waals surface area contributed by atoms with Gasteiger partial charge in [-0.15, -0.1) is 0 Å². The van der Waals surface area contributed by atoms with Gasteiger partial charge in [-0.2, -0.15) is 5.10 Å². The molecule has 0 aliphatic heterocycles. The van der Waals surface area contributed by atoms with E-state index >= 15 is 0 Å². The maximum absolute atomic E-state index is 12.1. The molecule has 3 heterocycles. The third-order valence-electron chi connectivity index (χ3n) is 4.97. The molecule has 0 N–H and O–H groups in total. The van der Waals surface area contributed by atoms with Crippen LogP contribution in [-0.2, 0) is 30.5 Å². The van der Waals surface area contributed by atoms with Crippen molar-refractivity contribution < 1.29 is 13.9 Å². The maximum atomic E-state index is 12.1. The summed E-state index contributed by atoms with van der Waals surface area (Å²) in [5.41, 5.74) is 6.04. The Labute approximate surface area is 158 Å². The lowest BCUT2D eigenvalue weighted by Gasteiger charge is -2.09. The van der Waals surface area contributed by atoms with E-state index in [1.54, 1.807) is 6.92 Å². The highest BCUT2D eigenvalue weighted by atomic mass is 16.5. The number of esters is 1. The van der Waals surface area contributed by atoms with Crippen LogP contribution in [-0.4, -0.2) is 27.3 Å². The van der Waals surface area contributed by atoms with Crippen LogP contribution in [0.5, 0.6) is 0 Å². The Hall–Kier alpha value is -2.89. The highest BCUT2D eigenvalue weighted by Crippen LogP contribution is 2.38. The summed E-state index contributed by atoms with van der Waals surface area (Å²) in [6.45, 7) is 6.78. The Morgan fingerprint density at radius 3 is 2.85 bits per heavy atom. The summed E-state index contributed by atoms with van der Waals surface area (Å²) in [5, 5.41) is 4.79. The molecule has 0 spiro atoms. The maximum Gasteiger partial charge on any atom is 0.374 e. The first-order valence-corrected chi connectivity index (χ1v) is 9.40. The van der Waals surface area contributed by atoms with Gasteiger partial charge in [-0.1, -0.05) is 13.0 Å².